The average molecular weight is 310 g/mol. The predicted octanol–water partition coefficient (Wildman–Crippen LogP) is 3.87. The smallest absolute Gasteiger partial charge is 0.294 e. The maximum Gasteiger partial charge on any atom is 0.294 e. The van der Waals surface area contributed by atoms with E-state index in [2.05, 4.69) is 4.98 Å². The Hall–Kier alpha value is -1.44. The Bertz CT molecular complexity index is 633. The molecule has 2 aromatic rings. The summed E-state index contributed by atoms with van der Waals surface area (Å²) in [6.07, 6.45) is -0.708. The molecule has 0 aliphatic heterocycles. The lowest BCUT2D eigenvalue weighted by atomic mass is 10.3. The first-order valence-electron chi connectivity index (χ1n) is 5.96. The van der Waals surface area contributed by atoms with E-state index in [4.69, 9.17) is 0 Å². The molecule has 0 aromatic carbocycles. The second kappa shape index (κ2) is 5.90. The zero-order valence-electron chi connectivity index (χ0n) is 11.3. The summed E-state index contributed by atoms with van der Waals surface area (Å²) in [6.45, 7) is 5.45. The normalized spacial score (nSPS) is 12.4. The zero-order valence-corrected chi connectivity index (χ0v) is 12.9. The topological polar surface area (TPSA) is 76.3 Å². The molecule has 5 nitrogen and oxygen atoms in total. The Kier molecular flexibility index (Phi) is 4.42. The largest absolute Gasteiger partial charge is 0.388 e. The van der Waals surface area contributed by atoms with Crippen LogP contribution in [0.25, 0.3) is 0 Å². The lowest BCUT2D eigenvalue weighted by Gasteiger charge is -2.02. The molecular formula is C13H14N2O3S2. The van der Waals surface area contributed by atoms with Crippen LogP contribution < -0.4 is 0 Å². The van der Waals surface area contributed by atoms with E-state index in [-0.39, 0.29) is 5.69 Å². The molecule has 0 spiro atoms. The Morgan fingerprint density at radius 3 is 2.65 bits per heavy atom. The molecule has 0 aliphatic carbocycles. The fourth-order valence-corrected chi connectivity index (χ4v) is 4.11. The summed E-state index contributed by atoms with van der Waals surface area (Å²) in [5.74, 6) is 0. The first kappa shape index (κ1) is 15.0. The van der Waals surface area contributed by atoms with Gasteiger partial charge >= 0.3 is 0 Å². The fourth-order valence-electron chi connectivity index (χ4n) is 1.74. The molecular weight excluding hydrogens is 296 g/mol. The lowest BCUT2D eigenvalue weighted by Crippen LogP contribution is -1.89. The lowest BCUT2D eigenvalue weighted by molar-refractivity contribution is -0.387. The number of aliphatic hydroxyl groups is 1. The molecule has 7 heteroatoms. The standard InChI is InChI=1S/C13H14N2O3S2/c1-7-4-8(2)14-12(5-7)20-13-10(15(17)18)6-11(19-13)9(3)16/h4-6,9,16H,1-3H3. The third-order valence-electron chi connectivity index (χ3n) is 2.58. The van der Waals surface area contributed by atoms with Gasteiger partial charge in [0.25, 0.3) is 5.69 Å². The molecule has 106 valence electrons. The molecule has 0 radical (unpaired) electrons. The molecule has 2 heterocycles. The molecule has 0 amide bonds. The minimum absolute atomic E-state index is 0.0249. The van der Waals surface area contributed by atoms with E-state index >= 15 is 0 Å². The third kappa shape index (κ3) is 3.36. The van der Waals surface area contributed by atoms with Crippen LogP contribution in [-0.4, -0.2) is 15.0 Å². The second-order valence-electron chi connectivity index (χ2n) is 4.48. The van der Waals surface area contributed by atoms with Gasteiger partial charge in [-0.15, -0.1) is 11.3 Å². The number of nitrogens with zero attached hydrogens (tertiary/aromatic N) is 2. The van der Waals surface area contributed by atoms with Gasteiger partial charge in [0.1, 0.15) is 9.24 Å². The van der Waals surface area contributed by atoms with Gasteiger partial charge in [-0.3, -0.25) is 10.1 Å². The predicted molar refractivity (Wildman–Crippen MR) is 79.4 cm³/mol. The molecule has 1 unspecified atom stereocenters. The van der Waals surface area contributed by atoms with Crippen molar-refractivity contribution in [3.8, 4) is 0 Å². The Morgan fingerprint density at radius 1 is 1.40 bits per heavy atom. The van der Waals surface area contributed by atoms with Gasteiger partial charge in [0.2, 0.25) is 0 Å². The van der Waals surface area contributed by atoms with Gasteiger partial charge in [-0.1, -0.05) is 11.8 Å². The van der Waals surface area contributed by atoms with Crippen molar-refractivity contribution < 1.29 is 10.0 Å². The van der Waals surface area contributed by atoms with E-state index in [0.717, 1.165) is 16.3 Å². The highest BCUT2D eigenvalue weighted by molar-refractivity contribution is 8.01. The molecule has 1 N–H and O–H groups in total. The highest BCUT2D eigenvalue weighted by Crippen LogP contribution is 2.42. The van der Waals surface area contributed by atoms with Crippen molar-refractivity contribution in [2.75, 3.05) is 0 Å². The van der Waals surface area contributed by atoms with E-state index < -0.39 is 11.0 Å². The number of pyridine rings is 1. The monoisotopic (exact) mass is 310 g/mol. The summed E-state index contributed by atoms with van der Waals surface area (Å²) < 4.78 is 0.545. The number of nitro groups is 1. The van der Waals surface area contributed by atoms with Gasteiger partial charge in [-0.25, -0.2) is 4.98 Å². The van der Waals surface area contributed by atoms with Crippen molar-refractivity contribution in [3.05, 3.63) is 44.4 Å². The van der Waals surface area contributed by atoms with E-state index in [0.29, 0.717) is 9.09 Å². The summed E-state index contributed by atoms with van der Waals surface area (Å²) >= 11 is 2.50. The molecule has 0 saturated carbocycles. The molecule has 1 atom stereocenters. The number of aromatic nitrogens is 1. The Morgan fingerprint density at radius 2 is 2.10 bits per heavy atom. The van der Waals surface area contributed by atoms with E-state index in [9.17, 15) is 15.2 Å². The van der Waals surface area contributed by atoms with Crippen molar-refractivity contribution in [1.29, 1.82) is 0 Å². The third-order valence-corrected chi connectivity index (χ3v) is 4.98. The number of aliphatic hydroxyl groups excluding tert-OH is 1. The number of rotatable bonds is 4. The number of hydrogen-bond acceptors (Lipinski definition) is 6. The summed E-state index contributed by atoms with van der Waals surface area (Å²) in [6, 6.07) is 5.28. The molecule has 20 heavy (non-hydrogen) atoms. The van der Waals surface area contributed by atoms with Crippen molar-refractivity contribution in [2.45, 2.75) is 36.1 Å². The van der Waals surface area contributed by atoms with Crippen LogP contribution in [-0.2, 0) is 0 Å². The quantitative estimate of drug-likeness (QED) is 0.685. The molecule has 2 rings (SSSR count). The van der Waals surface area contributed by atoms with Crippen LogP contribution in [0, 0.1) is 24.0 Å². The van der Waals surface area contributed by atoms with Crippen LogP contribution in [0.15, 0.2) is 27.4 Å². The minimum Gasteiger partial charge on any atom is -0.388 e. The van der Waals surface area contributed by atoms with Crippen molar-refractivity contribution >= 4 is 28.8 Å². The van der Waals surface area contributed by atoms with Crippen molar-refractivity contribution in [1.82, 2.24) is 4.98 Å². The molecule has 0 bridgehead atoms. The van der Waals surface area contributed by atoms with Gasteiger partial charge in [-0.05, 0) is 38.5 Å². The van der Waals surface area contributed by atoms with Gasteiger partial charge in [0, 0.05) is 16.6 Å². The second-order valence-corrected chi connectivity index (χ2v) is 6.85. The maximum atomic E-state index is 11.1. The summed E-state index contributed by atoms with van der Waals surface area (Å²) in [4.78, 5) is 15.6. The summed E-state index contributed by atoms with van der Waals surface area (Å²) in [5.41, 5.74) is 1.97. The van der Waals surface area contributed by atoms with E-state index in [1.807, 2.05) is 26.0 Å². The number of thiophene rings is 1. The zero-order chi connectivity index (χ0) is 14.9. The Labute approximate surface area is 124 Å². The van der Waals surface area contributed by atoms with Gasteiger partial charge < -0.3 is 5.11 Å². The van der Waals surface area contributed by atoms with Crippen LogP contribution in [0.5, 0.6) is 0 Å². The fraction of sp³-hybridized carbons (Fsp3) is 0.308. The van der Waals surface area contributed by atoms with Crippen molar-refractivity contribution in [3.63, 3.8) is 0 Å². The number of hydrogen-bond donors (Lipinski definition) is 1. The van der Waals surface area contributed by atoms with Gasteiger partial charge in [0.15, 0.2) is 0 Å². The first-order valence-corrected chi connectivity index (χ1v) is 7.59. The molecule has 0 saturated heterocycles. The maximum absolute atomic E-state index is 11.1. The summed E-state index contributed by atoms with van der Waals surface area (Å²) in [5, 5.41) is 21.4. The van der Waals surface area contributed by atoms with Gasteiger partial charge in [-0.2, -0.15) is 0 Å². The Balaban J connectivity index is 2.39. The molecule has 0 aliphatic rings. The molecule has 2 aromatic heterocycles. The minimum atomic E-state index is -0.708. The van der Waals surface area contributed by atoms with Crippen LogP contribution in [0.3, 0.4) is 0 Å². The van der Waals surface area contributed by atoms with Crippen LogP contribution in [0.2, 0.25) is 0 Å². The summed E-state index contributed by atoms with van der Waals surface area (Å²) in [7, 11) is 0. The average Bonchev–Trinajstić information content (AvgIpc) is 2.71. The van der Waals surface area contributed by atoms with Crippen molar-refractivity contribution in [2.24, 2.45) is 0 Å². The van der Waals surface area contributed by atoms with Crippen LogP contribution >= 0.6 is 23.1 Å². The SMILES string of the molecule is Cc1cc(C)nc(Sc2sc(C(C)O)cc2[N+](=O)[O-])c1. The highest BCUT2D eigenvalue weighted by Gasteiger charge is 2.22. The van der Waals surface area contributed by atoms with Gasteiger partial charge in [0.05, 0.1) is 11.0 Å². The number of aryl methyl sites for hydroxylation is 2. The van der Waals surface area contributed by atoms with E-state index in [1.165, 1.54) is 29.2 Å². The van der Waals surface area contributed by atoms with E-state index in [1.54, 1.807) is 6.92 Å². The molecule has 0 fully saturated rings. The van der Waals surface area contributed by atoms with Crippen LogP contribution in [0.4, 0.5) is 5.69 Å². The van der Waals surface area contributed by atoms with Crippen LogP contribution in [0.1, 0.15) is 29.2 Å². The first-order chi connectivity index (χ1) is 9.36. The highest BCUT2D eigenvalue weighted by atomic mass is 32.2.